The highest BCUT2D eigenvalue weighted by molar-refractivity contribution is 6.30. The summed E-state index contributed by atoms with van der Waals surface area (Å²) in [4.78, 5) is 2.30. The van der Waals surface area contributed by atoms with E-state index in [0.29, 0.717) is 0 Å². The Labute approximate surface area is 132 Å². The van der Waals surface area contributed by atoms with E-state index < -0.39 is 0 Å². The third-order valence-corrected chi connectivity index (χ3v) is 5.28. The topological polar surface area (TPSA) is 29.3 Å². The van der Waals surface area contributed by atoms with Crippen molar-refractivity contribution < 1.29 is 4.39 Å². The number of nitrogens with zero attached hydrogens (tertiary/aromatic N) is 1. The lowest BCUT2D eigenvalue weighted by Gasteiger charge is -2.44. The number of nitrogens with two attached hydrogens (primary N) is 1. The third kappa shape index (κ3) is 3.77. The SMILES string of the molecule is CN(C)C1(C(N)Cc2ccc(F)c(Cl)c2)CCCCCC1. The zero-order chi connectivity index (χ0) is 15.5. The van der Waals surface area contributed by atoms with Crippen LogP contribution >= 0.6 is 11.6 Å². The largest absolute Gasteiger partial charge is 0.326 e. The minimum atomic E-state index is -0.370. The predicted octanol–water partition coefficient (Wildman–Crippen LogP) is 4.00. The van der Waals surface area contributed by atoms with Gasteiger partial charge in [0.25, 0.3) is 0 Å². The quantitative estimate of drug-likeness (QED) is 0.851. The first kappa shape index (κ1) is 16.7. The van der Waals surface area contributed by atoms with Gasteiger partial charge in [-0.05, 0) is 51.1 Å². The van der Waals surface area contributed by atoms with Gasteiger partial charge in [0.05, 0.1) is 5.02 Å². The van der Waals surface area contributed by atoms with Crippen molar-refractivity contribution in [3.05, 3.63) is 34.6 Å². The Hall–Kier alpha value is -0.640. The molecule has 1 aromatic rings. The van der Waals surface area contributed by atoms with Crippen molar-refractivity contribution in [2.75, 3.05) is 14.1 Å². The Balaban J connectivity index is 2.17. The molecule has 2 rings (SSSR count). The minimum Gasteiger partial charge on any atom is -0.326 e. The summed E-state index contributed by atoms with van der Waals surface area (Å²) in [5, 5.41) is 0.180. The van der Waals surface area contributed by atoms with Crippen molar-refractivity contribution in [3.63, 3.8) is 0 Å². The van der Waals surface area contributed by atoms with Crippen LogP contribution in [0.2, 0.25) is 5.02 Å². The molecule has 1 unspecified atom stereocenters. The second kappa shape index (κ2) is 7.08. The first-order valence-corrected chi connectivity index (χ1v) is 8.20. The maximum absolute atomic E-state index is 13.3. The van der Waals surface area contributed by atoms with Gasteiger partial charge < -0.3 is 10.6 Å². The van der Waals surface area contributed by atoms with Gasteiger partial charge in [0.1, 0.15) is 5.82 Å². The highest BCUT2D eigenvalue weighted by Crippen LogP contribution is 2.34. The fourth-order valence-corrected chi connectivity index (χ4v) is 3.80. The van der Waals surface area contributed by atoms with Crippen LogP contribution in [0.3, 0.4) is 0 Å². The second-order valence-corrected chi connectivity index (χ2v) is 6.88. The van der Waals surface area contributed by atoms with Crippen molar-refractivity contribution >= 4 is 11.6 Å². The van der Waals surface area contributed by atoms with Gasteiger partial charge in [0, 0.05) is 11.6 Å². The molecule has 0 saturated heterocycles. The van der Waals surface area contributed by atoms with Crippen LogP contribution in [0.5, 0.6) is 0 Å². The zero-order valence-corrected chi connectivity index (χ0v) is 13.8. The number of rotatable bonds is 4. The molecule has 1 saturated carbocycles. The molecule has 0 radical (unpaired) electrons. The Kier molecular flexibility index (Phi) is 5.64. The summed E-state index contributed by atoms with van der Waals surface area (Å²) in [6.45, 7) is 0. The molecule has 1 aromatic carbocycles. The maximum atomic E-state index is 13.3. The lowest BCUT2D eigenvalue weighted by molar-refractivity contribution is 0.0968. The lowest BCUT2D eigenvalue weighted by Crippen LogP contribution is -2.58. The molecule has 0 heterocycles. The number of halogens is 2. The second-order valence-electron chi connectivity index (χ2n) is 6.47. The van der Waals surface area contributed by atoms with E-state index in [4.69, 9.17) is 17.3 Å². The van der Waals surface area contributed by atoms with Crippen LogP contribution in [0.25, 0.3) is 0 Å². The molecule has 0 spiro atoms. The van der Waals surface area contributed by atoms with Crippen LogP contribution in [0.1, 0.15) is 44.1 Å². The van der Waals surface area contributed by atoms with Crippen LogP contribution in [0, 0.1) is 5.82 Å². The van der Waals surface area contributed by atoms with E-state index in [1.165, 1.54) is 31.7 Å². The van der Waals surface area contributed by atoms with E-state index in [1.807, 2.05) is 0 Å². The van der Waals surface area contributed by atoms with Crippen LogP contribution in [0.15, 0.2) is 18.2 Å². The highest BCUT2D eigenvalue weighted by Gasteiger charge is 2.38. The first-order chi connectivity index (χ1) is 9.95. The smallest absolute Gasteiger partial charge is 0.141 e. The average molecular weight is 313 g/mol. The van der Waals surface area contributed by atoms with E-state index in [9.17, 15) is 4.39 Å². The van der Waals surface area contributed by atoms with Crippen molar-refractivity contribution in [2.45, 2.75) is 56.5 Å². The molecule has 118 valence electrons. The third-order valence-electron chi connectivity index (χ3n) is 4.99. The van der Waals surface area contributed by atoms with Gasteiger partial charge >= 0.3 is 0 Å². The van der Waals surface area contributed by atoms with E-state index in [0.717, 1.165) is 24.8 Å². The highest BCUT2D eigenvalue weighted by atomic mass is 35.5. The Morgan fingerprint density at radius 3 is 2.38 bits per heavy atom. The summed E-state index contributed by atoms with van der Waals surface area (Å²) in [5.74, 6) is -0.370. The summed E-state index contributed by atoms with van der Waals surface area (Å²) >= 11 is 5.88. The molecule has 2 nitrogen and oxygen atoms in total. The molecule has 1 atom stereocenters. The van der Waals surface area contributed by atoms with Gasteiger partial charge in [0.15, 0.2) is 0 Å². The van der Waals surface area contributed by atoms with Crippen molar-refractivity contribution in [2.24, 2.45) is 5.73 Å². The molecule has 1 aliphatic rings. The normalized spacial score (nSPS) is 20.3. The van der Waals surface area contributed by atoms with Gasteiger partial charge in [0.2, 0.25) is 0 Å². The van der Waals surface area contributed by atoms with Gasteiger partial charge in [-0.2, -0.15) is 0 Å². The average Bonchev–Trinajstić information content (AvgIpc) is 2.69. The fraction of sp³-hybridized carbons (Fsp3) is 0.647. The molecule has 0 aliphatic heterocycles. The molecular formula is C17H26ClFN2. The van der Waals surface area contributed by atoms with E-state index in [2.05, 4.69) is 19.0 Å². The Morgan fingerprint density at radius 1 is 1.24 bits per heavy atom. The van der Waals surface area contributed by atoms with Gasteiger partial charge in [-0.1, -0.05) is 43.4 Å². The number of hydrogen-bond acceptors (Lipinski definition) is 2. The van der Waals surface area contributed by atoms with E-state index in [1.54, 1.807) is 12.1 Å². The van der Waals surface area contributed by atoms with Crippen LogP contribution in [-0.4, -0.2) is 30.6 Å². The summed E-state index contributed by atoms with van der Waals surface area (Å²) in [6, 6.07) is 4.96. The monoisotopic (exact) mass is 312 g/mol. The Bertz CT molecular complexity index is 468. The van der Waals surface area contributed by atoms with Gasteiger partial charge in [-0.3, -0.25) is 0 Å². The van der Waals surface area contributed by atoms with Crippen molar-refractivity contribution in [1.29, 1.82) is 0 Å². The molecule has 1 fully saturated rings. The molecule has 0 amide bonds. The molecule has 0 aromatic heterocycles. The van der Waals surface area contributed by atoms with Gasteiger partial charge in [-0.15, -0.1) is 0 Å². The molecular weight excluding hydrogens is 287 g/mol. The summed E-state index contributed by atoms with van der Waals surface area (Å²) in [6.07, 6.45) is 8.06. The van der Waals surface area contributed by atoms with Crippen LogP contribution in [-0.2, 0) is 6.42 Å². The molecule has 4 heteroatoms. The molecule has 2 N–H and O–H groups in total. The van der Waals surface area contributed by atoms with Gasteiger partial charge in [-0.25, -0.2) is 4.39 Å². The standard InChI is InChI=1S/C17H26ClFN2/c1-21(2)17(9-5-3-4-6-10-17)16(20)12-13-7-8-15(19)14(18)11-13/h7-8,11,16H,3-6,9-10,12,20H2,1-2H3. The maximum Gasteiger partial charge on any atom is 0.141 e. The summed E-state index contributed by atoms with van der Waals surface area (Å²) in [7, 11) is 4.26. The minimum absolute atomic E-state index is 0.0344. The number of benzene rings is 1. The number of hydrogen-bond donors (Lipinski definition) is 1. The van der Waals surface area contributed by atoms with Crippen molar-refractivity contribution in [1.82, 2.24) is 4.90 Å². The summed E-state index contributed by atoms with van der Waals surface area (Å²) in [5.41, 5.74) is 7.65. The zero-order valence-electron chi connectivity index (χ0n) is 13.0. The van der Waals surface area contributed by atoms with E-state index in [-0.39, 0.29) is 22.4 Å². The molecule has 21 heavy (non-hydrogen) atoms. The fourth-order valence-electron chi connectivity index (χ4n) is 3.60. The lowest BCUT2D eigenvalue weighted by atomic mass is 9.79. The molecule has 0 bridgehead atoms. The van der Waals surface area contributed by atoms with Crippen molar-refractivity contribution in [3.8, 4) is 0 Å². The van der Waals surface area contributed by atoms with Crippen LogP contribution < -0.4 is 5.73 Å². The summed E-state index contributed by atoms with van der Waals surface area (Å²) < 4.78 is 13.3. The predicted molar refractivity (Wildman–Crippen MR) is 87.2 cm³/mol. The number of likely N-dealkylation sites (N-methyl/N-ethyl adjacent to an activating group) is 1. The Morgan fingerprint density at radius 2 is 1.86 bits per heavy atom. The molecule has 1 aliphatic carbocycles. The van der Waals surface area contributed by atoms with Crippen LogP contribution in [0.4, 0.5) is 4.39 Å². The first-order valence-electron chi connectivity index (χ1n) is 7.82. The van der Waals surface area contributed by atoms with E-state index >= 15 is 0 Å².